The summed E-state index contributed by atoms with van der Waals surface area (Å²) >= 11 is 0. The van der Waals surface area contributed by atoms with E-state index in [1.807, 2.05) is 20.8 Å². The Bertz CT molecular complexity index is 393. The lowest BCUT2D eigenvalue weighted by molar-refractivity contribution is 0.147. The molecule has 0 aliphatic rings. The summed E-state index contributed by atoms with van der Waals surface area (Å²) in [4.78, 5) is 18.1. The van der Waals surface area contributed by atoms with Gasteiger partial charge in [-0.1, -0.05) is 6.92 Å². The molecule has 2 N–H and O–H groups in total. The van der Waals surface area contributed by atoms with E-state index in [4.69, 9.17) is 4.74 Å². The standard InChI is InChI=1S/C12H23N5O2/c1-5-6-17(7-8-19-4)12(18)13-9(2)11-14-10(3)15-16-11/h9H,5-8H2,1-4H3,(H,13,18)(H,14,15,16)/t9-/m0/s1. The van der Waals surface area contributed by atoms with Crippen molar-refractivity contribution in [3.63, 3.8) is 0 Å². The van der Waals surface area contributed by atoms with Crippen LogP contribution in [0.1, 0.15) is 38.0 Å². The third-order valence-electron chi connectivity index (χ3n) is 2.69. The molecular formula is C12H23N5O2. The highest BCUT2D eigenvalue weighted by atomic mass is 16.5. The average Bonchev–Trinajstić information content (AvgIpc) is 2.81. The van der Waals surface area contributed by atoms with Crippen LogP contribution < -0.4 is 5.32 Å². The minimum absolute atomic E-state index is 0.117. The van der Waals surface area contributed by atoms with Gasteiger partial charge >= 0.3 is 6.03 Å². The molecule has 108 valence electrons. The molecular weight excluding hydrogens is 246 g/mol. The van der Waals surface area contributed by atoms with E-state index in [0.29, 0.717) is 25.5 Å². The Morgan fingerprint density at radius 3 is 2.79 bits per heavy atom. The zero-order chi connectivity index (χ0) is 14.3. The molecule has 0 spiro atoms. The van der Waals surface area contributed by atoms with Gasteiger partial charge in [-0.05, 0) is 20.3 Å². The topological polar surface area (TPSA) is 83.1 Å². The number of carbonyl (C=O) groups excluding carboxylic acids is 1. The Labute approximate surface area is 113 Å². The number of aryl methyl sites for hydroxylation is 1. The van der Waals surface area contributed by atoms with Crippen molar-refractivity contribution in [2.24, 2.45) is 0 Å². The van der Waals surface area contributed by atoms with Gasteiger partial charge in [0.15, 0.2) is 5.82 Å². The Balaban J connectivity index is 2.54. The van der Waals surface area contributed by atoms with Gasteiger partial charge in [0.05, 0.1) is 12.6 Å². The van der Waals surface area contributed by atoms with E-state index >= 15 is 0 Å². The number of hydrogen-bond donors (Lipinski definition) is 2. The minimum Gasteiger partial charge on any atom is -0.383 e. The number of nitrogens with one attached hydrogen (secondary N) is 2. The van der Waals surface area contributed by atoms with Crippen molar-refractivity contribution in [3.8, 4) is 0 Å². The van der Waals surface area contributed by atoms with Gasteiger partial charge in [0.1, 0.15) is 5.82 Å². The Hall–Kier alpha value is -1.63. The van der Waals surface area contributed by atoms with Crippen molar-refractivity contribution in [3.05, 3.63) is 11.6 Å². The molecule has 7 heteroatoms. The maximum atomic E-state index is 12.1. The number of aromatic amines is 1. The van der Waals surface area contributed by atoms with E-state index < -0.39 is 0 Å². The number of amides is 2. The highest BCUT2D eigenvalue weighted by Crippen LogP contribution is 2.07. The first-order valence-corrected chi connectivity index (χ1v) is 6.51. The number of carbonyl (C=O) groups is 1. The molecule has 0 fully saturated rings. The normalized spacial score (nSPS) is 12.2. The molecule has 0 saturated heterocycles. The van der Waals surface area contributed by atoms with E-state index in [-0.39, 0.29) is 12.1 Å². The second-order valence-corrected chi connectivity index (χ2v) is 4.43. The van der Waals surface area contributed by atoms with Crippen LogP contribution in [-0.2, 0) is 4.74 Å². The summed E-state index contributed by atoms with van der Waals surface area (Å²) < 4.78 is 5.01. The van der Waals surface area contributed by atoms with Crippen LogP contribution in [0.25, 0.3) is 0 Å². The van der Waals surface area contributed by atoms with Crippen molar-refractivity contribution < 1.29 is 9.53 Å². The van der Waals surface area contributed by atoms with Gasteiger partial charge in [-0.25, -0.2) is 9.78 Å². The number of methoxy groups -OCH3 is 1. The number of urea groups is 1. The number of aromatic nitrogens is 3. The molecule has 1 atom stereocenters. The smallest absolute Gasteiger partial charge is 0.318 e. The van der Waals surface area contributed by atoms with Crippen LogP contribution in [0.5, 0.6) is 0 Å². The molecule has 0 aliphatic carbocycles. The van der Waals surface area contributed by atoms with Crippen molar-refractivity contribution in [1.82, 2.24) is 25.4 Å². The molecule has 1 heterocycles. The predicted molar refractivity (Wildman–Crippen MR) is 71.8 cm³/mol. The van der Waals surface area contributed by atoms with Crippen molar-refractivity contribution in [2.45, 2.75) is 33.2 Å². The second-order valence-electron chi connectivity index (χ2n) is 4.43. The fourth-order valence-corrected chi connectivity index (χ4v) is 1.68. The fraction of sp³-hybridized carbons (Fsp3) is 0.750. The number of rotatable bonds is 7. The first-order valence-electron chi connectivity index (χ1n) is 6.51. The summed E-state index contributed by atoms with van der Waals surface area (Å²) in [6, 6.07) is -0.340. The number of hydrogen-bond acceptors (Lipinski definition) is 4. The van der Waals surface area contributed by atoms with E-state index in [2.05, 4.69) is 20.5 Å². The van der Waals surface area contributed by atoms with E-state index in [0.717, 1.165) is 12.2 Å². The average molecular weight is 269 g/mol. The van der Waals surface area contributed by atoms with Crippen LogP contribution in [0.3, 0.4) is 0 Å². The largest absolute Gasteiger partial charge is 0.383 e. The van der Waals surface area contributed by atoms with Gasteiger partial charge in [-0.15, -0.1) is 0 Å². The molecule has 0 bridgehead atoms. The maximum absolute atomic E-state index is 12.1. The number of H-pyrrole nitrogens is 1. The van der Waals surface area contributed by atoms with Gasteiger partial charge < -0.3 is 15.0 Å². The molecule has 1 rings (SSSR count). The lowest BCUT2D eigenvalue weighted by atomic mass is 10.3. The lowest BCUT2D eigenvalue weighted by Crippen LogP contribution is -2.43. The van der Waals surface area contributed by atoms with Crippen LogP contribution >= 0.6 is 0 Å². The van der Waals surface area contributed by atoms with E-state index in [1.165, 1.54) is 0 Å². The zero-order valence-electron chi connectivity index (χ0n) is 12.1. The van der Waals surface area contributed by atoms with E-state index in [1.54, 1.807) is 12.0 Å². The lowest BCUT2D eigenvalue weighted by Gasteiger charge is -2.23. The molecule has 2 amide bonds. The number of nitrogens with zero attached hydrogens (tertiary/aromatic N) is 3. The predicted octanol–water partition coefficient (Wildman–Crippen LogP) is 1.24. The van der Waals surface area contributed by atoms with Crippen molar-refractivity contribution >= 4 is 6.03 Å². The minimum atomic E-state index is -0.223. The molecule has 19 heavy (non-hydrogen) atoms. The monoisotopic (exact) mass is 269 g/mol. The quantitative estimate of drug-likeness (QED) is 0.780. The summed E-state index contributed by atoms with van der Waals surface area (Å²) in [7, 11) is 1.63. The van der Waals surface area contributed by atoms with Gasteiger partial charge in [0.25, 0.3) is 0 Å². The van der Waals surface area contributed by atoms with Crippen LogP contribution in [0.2, 0.25) is 0 Å². The SMILES string of the molecule is CCCN(CCOC)C(=O)N[C@@H](C)c1n[nH]c(C)n1. The van der Waals surface area contributed by atoms with Crippen molar-refractivity contribution in [1.29, 1.82) is 0 Å². The summed E-state index contributed by atoms with van der Waals surface area (Å²) in [5, 5.41) is 9.70. The molecule has 0 saturated carbocycles. The zero-order valence-corrected chi connectivity index (χ0v) is 12.1. The van der Waals surface area contributed by atoms with Crippen molar-refractivity contribution in [2.75, 3.05) is 26.8 Å². The first-order chi connectivity index (χ1) is 9.08. The third kappa shape index (κ3) is 4.86. The van der Waals surface area contributed by atoms with Gasteiger partial charge in [-0.3, -0.25) is 5.10 Å². The Morgan fingerprint density at radius 2 is 2.26 bits per heavy atom. The summed E-state index contributed by atoms with van der Waals surface area (Å²) in [5.74, 6) is 1.33. The molecule has 0 radical (unpaired) electrons. The molecule has 0 unspecified atom stereocenters. The molecule has 7 nitrogen and oxygen atoms in total. The van der Waals surface area contributed by atoms with Crippen LogP contribution in [0.4, 0.5) is 4.79 Å². The summed E-state index contributed by atoms with van der Waals surface area (Å²) in [5.41, 5.74) is 0. The van der Waals surface area contributed by atoms with Gasteiger partial charge in [0.2, 0.25) is 0 Å². The van der Waals surface area contributed by atoms with Crippen LogP contribution in [0.15, 0.2) is 0 Å². The van der Waals surface area contributed by atoms with Gasteiger partial charge in [-0.2, -0.15) is 5.10 Å². The maximum Gasteiger partial charge on any atom is 0.318 e. The molecule has 0 aliphatic heterocycles. The van der Waals surface area contributed by atoms with Gasteiger partial charge in [0, 0.05) is 20.2 Å². The highest BCUT2D eigenvalue weighted by Gasteiger charge is 2.17. The highest BCUT2D eigenvalue weighted by molar-refractivity contribution is 5.74. The Kier molecular flexibility index (Phi) is 6.27. The summed E-state index contributed by atoms with van der Waals surface area (Å²) in [6.45, 7) is 7.54. The first kappa shape index (κ1) is 15.4. The van der Waals surface area contributed by atoms with Crippen LogP contribution in [-0.4, -0.2) is 52.9 Å². The molecule has 1 aromatic rings. The summed E-state index contributed by atoms with van der Waals surface area (Å²) in [6.07, 6.45) is 0.908. The Morgan fingerprint density at radius 1 is 1.53 bits per heavy atom. The number of ether oxygens (including phenoxy) is 1. The third-order valence-corrected chi connectivity index (χ3v) is 2.69. The second kappa shape index (κ2) is 7.73. The van der Waals surface area contributed by atoms with E-state index in [9.17, 15) is 4.79 Å². The molecule has 0 aromatic carbocycles. The fourth-order valence-electron chi connectivity index (χ4n) is 1.68. The van der Waals surface area contributed by atoms with Crippen LogP contribution in [0, 0.1) is 6.92 Å². The molecule has 1 aromatic heterocycles.